The van der Waals surface area contributed by atoms with E-state index in [9.17, 15) is 13.2 Å². The number of rotatable bonds is 6. The Labute approximate surface area is 164 Å². The molecule has 0 saturated heterocycles. The van der Waals surface area contributed by atoms with Crippen LogP contribution in [-0.2, 0) is 14.8 Å². The summed E-state index contributed by atoms with van der Waals surface area (Å²) in [7, 11) is -1.93. The van der Waals surface area contributed by atoms with Crippen LogP contribution in [0.5, 0.6) is 11.5 Å². The van der Waals surface area contributed by atoms with E-state index < -0.39 is 16.1 Å². The molecule has 0 unspecified atom stereocenters. The SMILES string of the molecule is C[C@@H](C(=O)Nc1ccc(S(N)(=O)=O)cc1)N(C)C[C@@H]1COc2ccccc2O1. The Morgan fingerprint density at radius 1 is 1.21 bits per heavy atom. The lowest BCUT2D eigenvalue weighted by Crippen LogP contribution is -2.46. The predicted octanol–water partition coefficient (Wildman–Crippen LogP) is 1.43. The number of nitrogens with one attached hydrogen (secondary N) is 1. The minimum atomic E-state index is -3.76. The molecule has 0 aromatic heterocycles. The van der Waals surface area contributed by atoms with E-state index in [0.717, 1.165) is 5.75 Å². The van der Waals surface area contributed by atoms with Gasteiger partial charge in [0, 0.05) is 12.2 Å². The van der Waals surface area contributed by atoms with E-state index in [1.165, 1.54) is 24.3 Å². The number of amides is 1. The number of carbonyl (C=O) groups excluding carboxylic acids is 1. The zero-order valence-electron chi connectivity index (χ0n) is 15.7. The Morgan fingerprint density at radius 2 is 1.86 bits per heavy atom. The average Bonchev–Trinajstić information content (AvgIpc) is 2.67. The van der Waals surface area contributed by atoms with Crippen LogP contribution >= 0.6 is 0 Å². The molecule has 2 atom stereocenters. The van der Waals surface area contributed by atoms with Crippen molar-refractivity contribution in [1.82, 2.24) is 4.90 Å². The minimum absolute atomic E-state index is 0.00889. The first-order valence-corrected chi connectivity index (χ1v) is 10.3. The van der Waals surface area contributed by atoms with Gasteiger partial charge in [-0.3, -0.25) is 9.69 Å². The predicted molar refractivity (Wildman–Crippen MR) is 105 cm³/mol. The molecule has 1 heterocycles. The van der Waals surface area contributed by atoms with E-state index in [4.69, 9.17) is 14.6 Å². The molecule has 0 radical (unpaired) electrons. The Balaban J connectivity index is 1.56. The number of nitrogens with two attached hydrogens (primary N) is 1. The molecule has 8 nitrogen and oxygen atoms in total. The molecular weight excluding hydrogens is 382 g/mol. The van der Waals surface area contributed by atoms with E-state index in [1.807, 2.05) is 36.2 Å². The molecule has 1 aliphatic rings. The lowest BCUT2D eigenvalue weighted by molar-refractivity contribution is -0.120. The largest absolute Gasteiger partial charge is 0.486 e. The maximum atomic E-state index is 12.5. The zero-order chi connectivity index (χ0) is 20.3. The van der Waals surface area contributed by atoms with E-state index in [1.54, 1.807) is 6.92 Å². The molecule has 0 spiro atoms. The highest BCUT2D eigenvalue weighted by molar-refractivity contribution is 7.89. The quantitative estimate of drug-likeness (QED) is 0.752. The van der Waals surface area contributed by atoms with Gasteiger partial charge in [0.05, 0.1) is 10.9 Å². The fraction of sp³-hybridized carbons (Fsp3) is 0.316. The van der Waals surface area contributed by atoms with Gasteiger partial charge in [-0.2, -0.15) is 0 Å². The number of fused-ring (bicyclic) bond motifs is 1. The monoisotopic (exact) mass is 405 g/mol. The van der Waals surface area contributed by atoms with Crippen LogP contribution in [0.3, 0.4) is 0 Å². The highest BCUT2D eigenvalue weighted by atomic mass is 32.2. The number of primary sulfonamides is 1. The number of likely N-dealkylation sites (N-methyl/N-ethyl adjacent to an activating group) is 1. The summed E-state index contributed by atoms with van der Waals surface area (Å²) in [6.07, 6.45) is -0.191. The molecule has 150 valence electrons. The van der Waals surface area contributed by atoms with Crippen molar-refractivity contribution >= 4 is 21.6 Å². The van der Waals surface area contributed by atoms with Gasteiger partial charge in [-0.05, 0) is 50.4 Å². The van der Waals surface area contributed by atoms with Crippen molar-refractivity contribution in [2.24, 2.45) is 5.14 Å². The molecule has 28 heavy (non-hydrogen) atoms. The molecule has 0 bridgehead atoms. The number of nitrogens with zero attached hydrogens (tertiary/aromatic N) is 1. The van der Waals surface area contributed by atoms with Gasteiger partial charge in [-0.1, -0.05) is 12.1 Å². The van der Waals surface area contributed by atoms with Crippen molar-refractivity contribution in [2.45, 2.75) is 24.0 Å². The molecule has 2 aromatic rings. The third kappa shape index (κ3) is 4.80. The number of para-hydroxylation sites is 2. The van der Waals surface area contributed by atoms with Crippen molar-refractivity contribution in [3.8, 4) is 11.5 Å². The Hall–Kier alpha value is -2.62. The molecule has 1 aliphatic heterocycles. The molecule has 0 aliphatic carbocycles. The number of benzene rings is 2. The van der Waals surface area contributed by atoms with Crippen LogP contribution in [0, 0.1) is 0 Å². The van der Waals surface area contributed by atoms with Crippen LogP contribution in [0.2, 0.25) is 0 Å². The Bertz CT molecular complexity index is 946. The standard InChI is InChI=1S/C19H23N3O5S/c1-13(19(23)21-14-7-9-16(10-8-14)28(20,24)25)22(2)11-15-12-26-17-5-3-4-6-18(17)27-15/h3-10,13,15H,11-12H2,1-2H3,(H,21,23)(H2,20,24,25)/t13-,15+/m0/s1. The molecule has 9 heteroatoms. The fourth-order valence-electron chi connectivity index (χ4n) is 2.81. The normalized spacial score (nSPS) is 17.2. The third-order valence-corrected chi connectivity index (χ3v) is 5.48. The van der Waals surface area contributed by atoms with Crippen LogP contribution in [-0.4, -0.2) is 51.6 Å². The molecular formula is C19H23N3O5S. The van der Waals surface area contributed by atoms with Crippen LogP contribution < -0.4 is 19.9 Å². The smallest absolute Gasteiger partial charge is 0.241 e. The van der Waals surface area contributed by atoms with Gasteiger partial charge in [0.25, 0.3) is 0 Å². The van der Waals surface area contributed by atoms with Gasteiger partial charge >= 0.3 is 0 Å². The molecule has 3 N–H and O–H groups in total. The van der Waals surface area contributed by atoms with E-state index >= 15 is 0 Å². The third-order valence-electron chi connectivity index (χ3n) is 4.55. The number of carbonyl (C=O) groups is 1. The lowest BCUT2D eigenvalue weighted by Gasteiger charge is -2.31. The van der Waals surface area contributed by atoms with Crippen molar-refractivity contribution in [2.75, 3.05) is 25.5 Å². The summed E-state index contributed by atoms with van der Waals surface area (Å²) in [5.41, 5.74) is 0.490. The van der Waals surface area contributed by atoms with Gasteiger partial charge in [0.2, 0.25) is 15.9 Å². The second kappa shape index (κ2) is 8.17. The number of hydrogen-bond acceptors (Lipinski definition) is 6. The average molecular weight is 405 g/mol. The van der Waals surface area contributed by atoms with Crippen LogP contribution in [0.4, 0.5) is 5.69 Å². The van der Waals surface area contributed by atoms with E-state index in [2.05, 4.69) is 5.32 Å². The van der Waals surface area contributed by atoms with E-state index in [0.29, 0.717) is 24.6 Å². The van der Waals surface area contributed by atoms with Crippen molar-refractivity contribution in [1.29, 1.82) is 0 Å². The molecule has 0 saturated carbocycles. The first kappa shape index (κ1) is 20.1. The van der Waals surface area contributed by atoms with Crippen LogP contribution in [0.15, 0.2) is 53.4 Å². The number of sulfonamides is 1. The maximum absolute atomic E-state index is 12.5. The van der Waals surface area contributed by atoms with Gasteiger partial charge in [0.1, 0.15) is 12.7 Å². The fourth-order valence-corrected chi connectivity index (χ4v) is 3.32. The van der Waals surface area contributed by atoms with Gasteiger partial charge in [0.15, 0.2) is 11.5 Å². The molecule has 2 aromatic carbocycles. The number of ether oxygens (including phenoxy) is 2. The summed E-state index contributed by atoms with van der Waals surface area (Å²) in [5, 5.41) is 7.84. The number of hydrogen-bond donors (Lipinski definition) is 2. The Morgan fingerprint density at radius 3 is 2.50 bits per heavy atom. The summed E-state index contributed by atoms with van der Waals surface area (Å²) in [4.78, 5) is 14.4. The van der Waals surface area contributed by atoms with Gasteiger partial charge < -0.3 is 14.8 Å². The summed E-state index contributed by atoms with van der Waals surface area (Å²) in [5.74, 6) is 1.19. The van der Waals surface area contributed by atoms with Crippen molar-refractivity contribution in [3.63, 3.8) is 0 Å². The first-order chi connectivity index (χ1) is 13.2. The highest BCUT2D eigenvalue weighted by Gasteiger charge is 2.26. The second-order valence-corrected chi connectivity index (χ2v) is 8.23. The molecule has 3 rings (SSSR count). The second-order valence-electron chi connectivity index (χ2n) is 6.67. The molecule has 1 amide bonds. The van der Waals surface area contributed by atoms with E-state index in [-0.39, 0.29) is 16.9 Å². The minimum Gasteiger partial charge on any atom is -0.486 e. The summed E-state index contributed by atoms with van der Waals surface area (Å²) >= 11 is 0. The summed E-state index contributed by atoms with van der Waals surface area (Å²) in [6, 6.07) is 12.7. The topological polar surface area (TPSA) is 111 Å². The first-order valence-electron chi connectivity index (χ1n) is 8.76. The van der Waals surface area contributed by atoms with Gasteiger partial charge in [-0.15, -0.1) is 0 Å². The van der Waals surface area contributed by atoms with Gasteiger partial charge in [-0.25, -0.2) is 13.6 Å². The highest BCUT2D eigenvalue weighted by Crippen LogP contribution is 2.31. The summed E-state index contributed by atoms with van der Waals surface area (Å²) < 4.78 is 34.2. The summed E-state index contributed by atoms with van der Waals surface area (Å²) in [6.45, 7) is 2.70. The van der Waals surface area contributed by atoms with Crippen molar-refractivity contribution < 1.29 is 22.7 Å². The van der Waals surface area contributed by atoms with Crippen LogP contribution in [0.25, 0.3) is 0 Å². The Kier molecular flexibility index (Phi) is 5.87. The van der Waals surface area contributed by atoms with Crippen molar-refractivity contribution in [3.05, 3.63) is 48.5 Å². The molecule has 0 fully saturated rings. The zero-order valence-corrected chi connectivity index (χ0v) is 16.5. The number of anilines is 1. The lowest BCUT2D eigenvalue weighted by atomic mass is 10.2. The van der Waals surface area contributed by atoms with Crippen LogP contribution in [0.1, 0.15) is 6.92 Å². The maximum Gasteiger partial charge on any atom is 0.241 e.